The van der Waals surface area contributed by atoms with Gasteiger partial charge in [-0.3, -0.25) is 14.4 Å². The molecule has 156 valence electrons. The van der Waals surface area contributed by atoms with Crippen LogP contribution in [0.15, 0.2) is 83.3 Å². The number of nitrogens with zero attached hydrogens (tertiary/aromatic N) is 2. The van der Waals surface area contributed by atoms with Gasteiger partial charge in [0.1, 0.15) is 11.7 Å². The highest BCUT2D eigenvalue weighted by molar-refractivity contribution is 9.10. The first kappa shape index (κ1) is 19.8. The van der Waals surface area contributed by atoms with Crippen LogP contribution in [0.2, 0.25) is 0 Å². The molecule has 3 unspecified atom stereocenters. The van der Waals surface area contributed by atoms with Gasteiger partial charge in [-0.25, -0.2) is 9.96 Å². The summed E-state index contributed by atoms with van der Waals surface area (Å²) < 4.78 is 6.26. The maximum atomic E-state index is 13.6. The van der Waals surface area contributed by atoms with E-state index in [0.717, 1.165) is 15.7 Å². The summed E-state index contributed by atoms with van der Waals surface area (Å²) in [5.74, 6) is -0.633. The molecule has 2 amide bonds. The molecule has 2 saturated heterocycles. The van der Waals surface area contributed by atoms with Gasteiger partial charge in [0.25, 0.3) is 5.91 Å². The number of benzene rings is 3. The third-order valence-electron chi connectivity index (χ3n) is 5.65. The van der Waals surface area contributed by atoms with E-state index in [1.807, 2.05) is 54.6 Å². The van der Waals surface area contributed by atoms with E-state index in [4.69, 9.17) is 9.57 Å². The van der Waals surface area contributed by atoms with Crippen molar-refractivity contribution in [1.82, 2.24) is 0 Å². The van der Waals surface area contributed by atoms with Crippen LogP contribution in [0.1, 0.15) is 11.6 Å². The molecule has 0 N–H and O–H groups in total. The number of amides is 2. The molecular weight excluding hydrogens is 460 g/mol. The molecule has 0 saturated carbocycles. The van der Waals surface area contributed by atoms with Crippen LogP contribution in [0, 0.1) is 5.92 Å². The van der Waals surface area contributed by atoms with Crippen molar-refractivity contribution in [3.8, 4) is 5.75 Å². The van der Waals surface area contributed by atoms with Crippen molar-refractivity contribution in [3.05, 3.63) is 88.9 Å². The van der Waals surface area contributed by atoms with Crippen molar-refractivity contribution >= 4 is 39.1 Å². The van der Waals surface area contributed by atoms with Gasteiger partial charge in [0, 0.05) is 4.47 Å². The second-order valence-corrected chi connectivity index (χ2v) is 8.34. The monoisotopic (exact) mass is 478 g/mol. The molecule has 2 aliphatic rings. The van der Waals surface area contributed by atoms with E-state index in [1.165, 1.54) is 4.90 Å². The molecule has 31 heavy (non-hydrogen) atoms. The lowest BCUT2D eigenvalue weighted by molar-refractivity contribution is -0.126. The SMILES string of the molecule is COc1cccc(C2C3C(=O)N(c4ccc(Br)cc4)C(=O)C3ON2c2ccccc2)c1. The maximum Gasteiger partial charge on any atom is 0.266 e. The number of ether oxygens (including phenoxy) is 1. The fourth-order valence-electron chi connectivity index (χ4n) is 4.22. The van der Waals surface area contributed by atoms with Crippen LogP contribution in [-0.4, -0.2) is 25.0 Å². The standard InChI is InChI=1S/C24H19BrN2O4/c1-30-19-9-5-6-15(14-19)21-20-22(31-27(21)18-7-3-2-4-8-18)24(29)26(23(20)28)17-12-10-16(25)11-13-17/h2-14,20-22H,1H3. The lowest BCUT2D eigenvalue weighted by Crippen LogP contribution is -2.37. The Morgan fingerprint density at radius 1 is 0.871 bits per heavy atom. The molecule has 3 aromatic carbocycles. The number of anilines is 2. The minimum Gasteiger partial charge on any atom is -0.497 e. The van der Waals surface area contributed by atoms with Gasteiger partial charge >= 0.3 is 0 Å². The minimum absolute atomic E-state index is 0.274. The Hall–Kier alpha value is -3.16. The summed E-state index contributed by atoms with van der Waals surface area (Å²) >= 11 is 3.39. The van der Waals surface area contributed by atoms with E-state index in [0.29, 0.717) is 11.4 Å². The Kier molecular flexibility index (Phi) is 5.00. The number of rotatable bonds is 4. The number of carbonyl (C=O) groups excluding carboxylic acids is 2. The molecule has 6 nitrogen and oxygen atoms in total. The number of fused-ring (bicyclic) bond motifs is 1. The highest BCUT2D eigenvalue weighted by Crippen LogP contribution is 2.48. The third-order valence-corrected chi connectivity index (χ3v) is 6.17. The second-order valence-electron chi connectivity index (χ2n) is 7.42. The number of para-hydroxylation sites is 1. The van der Waals surface area contributed by atoms with Gasteiger partial charge in [0.2, 0.25) is 5.91 Å². The third kappa shape index (κ3) is 3.30. The molecule has 0 aromatic heterocycles. The van der Waals surface area contributed by atoms with Crippen LogP contribution in [0.4, 0.5) is 11.4 Å². The van der Waals surface area contributed by atoms with Gasteiger partial charge in [-0.15, -0.1) is 0 Å². The molecule has 3 aromatic rings. The molecular formula is C24H19BrN2O4. The Balaban J connectivity index is 1.59. The van der Waals surface area contributed by atoms with E-state index < -0.39 is 18.1 Å². The van der Waals surface area contributed by atoms with Crippen molar-refractivity contribution in [2.75, 3.05) is 17.1 Å². The summed E-state index contributed by atoms with van der Waals surface area (Å²) in [7, 11) is 1.60. The number of halogens is 1. The van der Waals surface area contributed by atoms with E-state index >= 15 is 0 Å². The molecule has 0 bridgehead atoms. The first-order valence-electron chi connectivity index (χ1n) is 9.87. The number of hydrogen-bond acceptors (Lipinski definition) is 5. The summed E-state index contributed by atoms with van der Waals surface area (Å²) in [6, 6.07) is 23.7. The van der Waals surface area contributed by atoms with Crippen LogP contribution in [0.5, 0.6) is 5.75 Å². The Bertz CT molecular complexity index is 1140. The fraction of sp³-hybridized carbons (Fsp3) is 0.167. The highest BCUT2D eigenvalue weighted by atomic mass is 79.9. The first-order chi connectivity index (χ1) is 15.1. The number of hydroxylamine groups is 1. The lowest BCUT2D eigenvalue weighted by Gasteiger charge is -2.29. The largest absolute Gasteiger partial charge is 0.497 e. The van der Waals surface area contributed by atoms with Crippen molar-refractivity contribution in [2.45, 2.75) is 12.1 Å². The van der Waals surface area contributed by atoms with Crippen molar-refractivity contribution in [1.29, 1.82) is 0 Å². The average molecular weight is 479 g/mol. The van der Waals surface area contributed by atoms with Crippen LogP contribution in [0.25, 0.3) is 0 Å². The molecule has 0 spiro atoms. The fourth-order valence-corrected chi connectivity index (χ4v) is 4.49. The van der Waals surface area contributed by atoms with Crippen LogP contribution in [0.3, 0.4) is 0 Å². The van der Waals surface area contributed by atoms with E-state index in [2.05, 4.69) is 15.9 Å². The number of methoxy groups -OCH3 is 1. The normalized spacial score (nSPS) is 22.7. The topological polar surface area (TPSA) is 59.1 Å². The van der Waals surface area contributed by atoms with Crippen LogP contribution in [-0.2, 0) is 14.4 Å². The van der Waals surface area contributed by atoms with Crippen LogP contribution < -0.4 is 14.7 Å². The minimum atomic E-state index is -0.896. The molecule has 3 atom stereocenters. The number of imide groups is 1. The Labute approximate surface area is 188 Å². The van der Waals surface area contributed by atoms with Crippen LogP contribution >= 0.6 is 15.9 Å². The molecule has 2 aliphatic heterocycles. The van der Waals surface area contributed by atoms with E-state index in [9.17, 15) is 9.59 Å². The summed E-state index contributed by atoms with van der Waals surface area (Å²) in [5, 5.41) is 1.68. The summed E-state index contributed by atoms with van der Waals surface area (Å²) in [5.41, 5.74) is 2.15. The zero-order valence-corrected chi connectivity index (χ0v) is 18.2. The van der Waals surface area contributed by atoms with Gasteiger partial charge in [-0.2, -0.15) is 0 Å². The Morgan fingerprint density at radius 2 is 1.61 bits per heavy atom. The first-order valence-corrected chi connectivity index (χ1v) is 10.7. The summed E-state index contributed by atoms with van der Waals surface area (Å²) in [6.45, 7) is 0. The highest BCUT2D eigenvalue weighted by Gasteiger charge is 2.60. The molecule has 2 fully saturated rings. The zero-order chi connectivity index (χ0) is 21.5. The predicted octanol–water partition coefficient (Wildman–Crippen LogP) is 4.51. The summed E-state index contributed by atoms with van der Waals surface area (Å²) in [6.07, 6.45) is -0.896. The van der Waals surface area contributed by atoms with Gasteiger partial charge in [0.05, 0.1) is 24.5 Å². The van der Waals surface area contributed by atoms with Gasteiger partial charge < -0.3 is 4.74 Å². The number of carbonyl (C=O) groups is 2. The van der Waals surface area contributed by atoms with Crippen molar-refractivity contribution < 1.29 is 19.2 Å². The van der Waals surface area contributed by atoms with Gasteiger partial charge in [-0.05, 0) is 54.1 Å². The quantitative estimate of drug-likeness (QED) is 0.516. The molecule has 2 heterocycles. The smallest absolute Gasteiger partial charge is 0.266 e. The summed E-state index contributed by atoms with van der Waals surface area (Å²) in [4.78, 5) is 34.2. The molecule has 7 heteroatoms. The zero-order valence-electron chi connectivity index (χ0n) is 16.6. The predicted molar refractivity (Wildman–Crippen MR) is 120 cm³/mol. The Morgan fingerprint density at radius 3 is 2.32 bits per heavy atom. The molecule has 5 rings (SSSR count). The number of hydrogen-bond donors (Lipinski definition) is 0. The van der Waals surface area contributed by atoms with E-state index in [-0.39, 0.29) is 11.8 Å². The van der Waals surface area contributed by atoms with Gasteiger partial charge in [0.15, 0.2) is 6.10 Å². The lowest BCUT2D eigenvalue weighted by atomic mass is 9.90. The van der Waals surface area contributed by atoms with Crippen molar-refractivity contribution in [2.24, 2.45) is 5.92 Å². The van der Waals surface area contributed by atoms with E-state index in [1.54, 1.807) is 36.4 Å². The van der Waals surface area contributed by atoms with Gasteiger partial charge in [-0.1, -0.05) is 46.3 Å². The maximum absolute atomic E-state index is 13.6. The average Bonchev–Trinajstić information content (AvgIpc) is 3.31. The second kappa shape index (κ2) is 7.83. The molecule has 0 radical (unpaired) electrons. The van der Waals surface area contributed by atoms with Crippen molar-refractivity contribution in [3.63, 3.8) is 0 Å². The molecule has 0 aliphatic carbocycles.